The molecule has 0 aliphatic heterocycles. The normalized spacial score (nSPS) is 11.2. The Bertz CT molecular complexity index is 1670. The fourth-order valence-corrected chi connectivity index (χ4v) is 4.26. The molecule has 0 aliphatic rings. The fourth-order valence-electron chi connectivity index (χ4n) is 3.83. The number of para-hydroxylation sites is 1. The van der Waals surface area contributed by atoms with Crippen LogP contribution in [0.4, 0.5) is 4.39 Å². The maximum Gasteiger partial charge on any atom is 0.282 e. The summed E-state index contributed by atoms with van der Waals surface area (Å²) in [6.45, 7) is 0.173. The number of benzene rings is 4. The highest BCUT2D eigenvalue weighted by Gasteiger charge is 2.14. The summed E-state index contributed by atoms with van der Waals surface area (Å²) in [5.41, 5.74) is 2.44. The van der Waals surface area contributed by atoms with Crippen molar-refractivity contribution in [2.24, 2.45) is 5.10 Å². The van der Waals surface area contributed by atoms with Gasteiger partial charge < -0.3 is 9.47 Å². The average molecular weight is 558 g/mol. The number of hydrogen-bond acceptors (Lipinski definition) is 5. The monoisotopic (exact) mass is 557 g/mol. The van der Waals surface area contributed by atoms with Gasteiger partial charge >= 0.3 is 0 Å². The molecule has 0 N–H and O–H groups in total. The lowest BCUT2D eigenvalue weighted by Gasteiger charge is -2.13. The van der Waals surface area contributed by atoms with Crippen LogP contribution in [0.5, 0.6) is 11.5 Å². The first-order valence-electron chi connectivity index (χ1n) is 11.4. The van der Waals surface area contributed by atoms with E-state index in [0.717, 1.165) is 5.56 Å². The molecular weight excluding hydrogens is 537 g/mol. The fraction of sp³-hybridized carbons (Fsp3) is 0.0690. The van der Waals surface area contributed by atoms with Crippen LogP contribution in [0, 0.1) is 5.82 Å². The zero-order valence-electron chi connectivity index (χ0n) is 19.8. The van der Waals surface area contributed by atoms with Crippen LogP contribution in [0.3, 0.4) is 0 Å². The Morgan fingerprint density at radius 1 is 0.973 bits per heavy atom. The number of halogens is 2. The first-order chi connectivity index (χ1) is 18.0. The molecule has 0 fully saturated rings. The lowest BCUT2D eigenvalue weighted by Crippen LogP contribution is -2.20. The number of methoxy groups -OCH3 is 1. The lowest BCUT2D eigenvalue weighted by atomic mass is 10.2. The largest absolute Gasteiger partial charge is 0.493 e. The van der Waals surface area contributed by atoms with Gasteiger partial charge in [0.1, 0.15) is 12.4 Å². The van der Waals surface area contributed by atoms with Crippen molar-refractivity contribution < 1.29 is 13.9 Å². The summed E-state index contributed by atoms with van der Waals surface area (Å²) in [5, 5.41) is 4.99. The second-order valence-electron chi connectivity index (χ2n) is 8.12. The molecule has 37 heavy (non-hydrogen) atoms. The van der Waals surface area contributed by atoms with E-state index in [0.29, 0.717) is 43.8 Å². The van der Waals surface area contributed by atoms with Crippen molar-refractivity contribution in [3.63, 3.8) is 0 Å². The highest BCUT2D eigenvalue weighted by atomic mass is 79.9. The Hall–Kier alpha value is -4.30. The van der Waals surface area contributed by atoms with E-state index < -0.39 is 0 Å². The molecule has 0 aliphatic carbocycles. The van der Waals surface area contributed by atoms with Gasteiger partial charge in [0.2, 0.25) is 0 Å². The zero-order chi connectivity index (χ0) is 25.8. The van der Waals surface area contributed by atoms with Crippen molar-refractivity contribution >= 4 is 33.0 Å². The molecule has 0 saturated carbocycles. The molecule has 6 nitrogen and oxygen atoms in total. The van der Waals surface area contributed by atoms with Crippen LogP contribution in [0.2, 0.25) is 0 Å². The van der Waals surface area contributed by atoms with Crippen LogP contribution in [-0.4, -0.2) is 23.0 Å². The van der Waals surface area contributed by atoms with Crippen LogP contribution in [-0.2, 0) is 6.61 Å². The molecular formula is C29H21BrFN3O3. The molecule has 0 unspecified atom stereocenters. The highest BCUT2D eigenvalue weighted by Crippen LogP contribution is 2.33. The SMILES string of the molecule is COc1cc(C=Nn2c(-c3ccccc3)nc3ccccc3c2=O)c(Br)cc1OCc1cccc(F)c1. The second kappa shape index (κ2) is 10.8. The van der Waals surface area contributed by atoms with E-state index in [1.807, 2.05) is 36.4 Å². The molecule has 0 atom stereocenters. The molecule has 1 aromatic heterocycles. The molecule has 1 heterocycles. The van der Waals surface area contributed by atoms with Crippen molar-refractivity contribution in [3.8, 4) is 22.9 Å². The van der Waals surface area contributed by atoms with Gasteiger partial charge in [-0.2, -0.15) is 9.78 Å². The number of hydrogen-bond donors (Lipinski definition) is 0. The first kappa shape index (κ1) is 24.4. The van der Waals surface area contributed by atoms with E-state index in [1.54, 1.807) is 48.7 Å². The molecule has 4 aromatic carbocycles. The van der Waals surface area contributed by atoms with Gasteiger partial charge in [-0.25, -0.2) is 9.37 Å². The Balaban J connectivity index is 1.52. The third kappa shape index (κ3) is 5.29. The molecule has 8 heteroatoms. The van der Waals surface area contributed by atoms with E-state index >= 15 is 0 Å². The van der Waals surface area contributed by atoms with Gasteiger partial charge in [0.05, 0.1) is 24.2 Å². The standard InChI is InChI=1S/C29H21BrFN3O3/c1-36-26-15-21(24(30)16-27(26)37-18-19-8-7-11-22(31)14-19)17-32-34-28(20-9-3-2-4-10-20)33-25-13-6-5-12-23(25)29(34)35/h2-17H,18H2,1H3. The molecule has 0 bridgehead atoms. The van der Waals surface area contributed by atoms with Gasteiger partial charge in [-0.05, 0) is 57.9 Å². The highest BCUT2D eigenvalue weighted by molar-refractivity contribution is 9.10. The second-order valence-corrected chi connectivity index (χ2v) is 8.98. The molecule has 5 rings (SSSR count). The minimum absolute atomic E-state index is 0.173. The predicted molar refractivity (Wildman–Crippen MR) is 146 cm³/mol. The topological polar surface area (TPSA) is 65.7 Å². The van der Waals surface area contributed by atoms with Crippen molar-refractivity contribution in [1.29, 1.82) is 0 Å². The van der Waals surface area contributed by atoms with Gasteiger partial charge in [-0.1, -0.05) is 54.6 Å². The Morgan fingerprint density at radius 3 is 2.54 bits per heavy atom. The maximum absolute atomic E-state index is 13.5. The molecule has 0 amide bonds. The van der Waals surface area contributed by atoms with E-state index in [9.17, 15) is 9.18 Å². The lowest BCUT2D eigenvalue weighted by molar-refractivity contribution is 0.284. The van der Waals surface area contributed by atoms with E-state index in [4.69, 9.17) is 14.5 Å². The van der Waals surface area contributed by atoms with Crippen molar-refractivity contribution in [2.45, 2.75) is 6.61 Å². The summed E-state index contributed by atoms with van der Waals surface area (Å²) in [5.74, 6) is 1.05. The van der Waals surface area contributed by atoms with Crippen molar-refractivity contribution in [1.82, 2.24) is 9.66 Å². The summed E-state index contributed by atoms with van der Waals surface area (Å²) < 4.78 is 26.9. The number of rotatable bonds is 7. The smallest absolute Gasteiger partial charge is 0.282 e. The van der Waals surface area contributed by atoms with Gasteiger partial charge in [-0.3, -0.25) is 4.79 Å². The van der Waals surface area contributed by atoms with Crippen LogP contribution >= 0.6 is 15.9 Å². The number of nitrogens with zero attached hydrogens (tertiary/aromatic N) is 3. The Kier molecular flexibility index (Phi) is 7.09. The van der Waals surface area contributed by atoms with Crippen LogP contribution < -0.4 is 15.0 Å². The number of fused-ring (bicyclic) bond motifs is 1. The molecule has 184 valence electrons. The number of ether oxygens (including phenoxy) is 2. The molecule has 0 spiro atoms. The van der Waals surface area contributed by atoms with E-state index in [1.165, 1.54) is 23.9 Å². The number of aromatic nitrogens is 2. The first-order valence-corrected chi connectivity index (χ1v) is 12.2. The predicted octanol–water partition coefficient (Wildman–Crippen LogP) is 6.43. The van der Waals surface area contributed by atoms with E-state index in [-0.39, 0.29) is 18.0 Å². The Labute approximate surface area is 220 Å². The zero-order valence-corrected chi connectivity index (χ0v) is 21.4. The summed E-state index contributed by atoms with van der Waals surface area (Å²) in [4.78, 5) is 18.1. The quantitative estimate of drug-likeness (QED) is 0.216. The molecule has 5 aromatic rings. The summed E-state index contributed by atoms with van der Waals surface area (Å²) in [6, 6.07) is 26.3. The van der Waals surface area contributed by atoms with Gasteiger partial charge in [0.15, 0.2) is 17.3 Å². The van der Waals surface area contributed by atoms with Crippen molar-refractivity contribution in [3.05, 3.63) is 123 Å². The van der Waals surface area contributed by atoms with Gasteiger partial charge in [0.25, 0.3) is 5.56 Å². The minimum atomic E-state index is -0.325. The summed E-state index contributed by atoms with van der Waals surface area (Å²) in [6.07, 6.45) is 1.56. The van der Waals surface area contributed by atoms with Gasteiger partial charge in [0, 0.05) is 15.6 Å². The van der Waals surface area contributed by atoms with Crippen LogP contribution in [0.15, 0.2) is 105 Å². The third-order valence-corrected chi connectivity index (χ3v) is 6.35. The van der Waals surface area contributed by atoms with Crippen LogP contribution in [0.25, 0.3) is 22.3 Å². The minimum Gasteiger partial charge on any atom is -0.493 e. The van der Waals surface area contributed by atoms with E-state index in [2.05, 4.69) is 21.0 Å². The molecule has 0 saturated heterocycles. The molecule has 0 radical (unpaired) electrons. The summed E-state index contributed by atoms with van der Waals surface area (Å²) in [7, 11) is 1.53. The summed E-state index contributed by atoms with van der Waals surface area (Å²) >= 11 is 3.55. The van der Waals surface area contributed by atoms with Gasteiger partial charge in [-0.15, -0.1) is 0 Å². The average Bonchev–Trinajstić information content (AvgIpc) is 2.92. The van der Waals surface area contributed by atoms with Crippen molar-refractivity contribution in [2.75, 3.05) is 7.11 Å². The Morgan fingerprint density at radius 2 is 1.76 bits per heavy atom. The van der Waals surface area contributed by atoms with Crippen LogP contribution in [0.1, 0.15) is 11.1 Å². The third-order valence-electron chi connectivity index (χ3n) is 5.66. The maximum atomic E-state index is 13.5.